The number of hydrogen-bond donors (Lipinski definition) is 0. The monoisotopic (exact) mass is 288 g/mol. The molecule has 0 radical (unpaired) electrons. The number of rotatable bonds is 2. The molecule has 3 heterocycles. The minimum Gasteiger partial charge on any atom is -0.450 e. The number of carbonyl (C=O) groups excluding carboxylic acids is 1. The maximum Gasteiger partial charge on any atom is 0.332 e. The summed E-state index contributed by atoms with van der Waals surface area (Å²) in [6.45, 7) is 0. The van der Waals surface area contributed by atoms with Gasteiger partial charge in [0.2, 0.25) is 0 Å². The van der Waals surface area contributed by atoms with Gasteiger partial charge in [-0.25, -0.2) is 9.78 Å². The summed E-state index contributed by atoms with van der Waals surface area (Å²) < 4.78 is 9.18. The van der Waals surface area contributed by atoms with Gasteiger partial charge in [-0.1, -0.05) is 0 Å². The summed E-state index contributed by atoms with van der Waals surface area (Å²) in [7, 11) is 4.60. The summed E-state index contributed by atoms with van der Waals surface area (Å²) in [5, 5.41) is 0. The Labute approximate surface area is 117 Å². The first-order chi connectivity index (χ1) is 9.95. The predicted molar refractivity (Wildman–Crippen MR) is 74.3 cm³/mol. The van der Waals surface area contributed by atoms with Crippen molar-refractivity contribution in [3.05, 3.63) is 38.7 Å². The Kier molecular flexibility index (Phi) is 2.68. The van der Waals surface area contributed by atoms with Gasteiger partial charge in [0, 0.05) is 21.1 Å². The molecule has 0 atom stereocenters. The Morgan fingerprint density at radius 2 is 1.81 bits per heavy atom. The molecule has 8 heteroatoms. The lowest BCUT2D eigenvalue weighted by Crippen LogP contribution is -2.37. The van der Waals surface area contributed by atoms with Crippen LogP contribution in [0.5, 0.6) is 0 Å². The zero-order valence-electron chi connectivity index (χ0n) is 11.7. The lowest BCUT2D eigenvalue weighted by atomic mass is 10.4. The van der Waals surface area contributed by atoms with Crippen LogP contribution in [-0.2, 0) is 21.1 Å². The lowest BCUT2D eigenvalue weighted by molar-refractivity contribution is 0.110. The average molecular weight is 288 g/mol. The van der Waals surface area contributed by atoms with E-state index in [-0.39, 0.29) is 11.4 Å². The fraction of sp³-hybridized carbons (Fsp3) is 0.231. The normalized spacial score (nSPS) is 11.2. The number of aryl methyl sites for hydroxylation is 2. The minimum atomic E-state index is -0.454. The summed E-state index contributed by atoms with van der Waals surface area (Å²) in [5.41, 5.74) is -0.329. The number of aromatic nitrogens is 4. The Morgan fingerprint density at radius 3 is 2.43 bits per heavy atom. The standard InChI is InChI=1S/C13H12N4O4/c1-15-9-11(16(2)13(20)17(3)12(9)19)14-10(15)8-5-4-7(6-18)21-8/h4-6H,1-3H3. The molecular formula is C13H12N4O4. The first-order valence-electron chi connectivity index (χ1n) is 6.13. The van der Waals surface area contributed by atoms with E-state index in [0.717, 1.165) is 4.57 Å². The molecule has 0 aromatic carbocycles. The molecule has 3 rings (SSSR count). The SMILES string of the molecule is Cn1c(=O)c2c(nc(-c3ccc(C=O)o3)n2C)n(C)c1=O. The van der Waals surface area contributed by atoms with Gasteiger partial charge in [0.25, 0.3) is 5.56 Å². The molecule has 0 saturated heterocycles. The van der Waals surface area contributed by atoms with Crippen molar-refractivity contribution < 1.29 is 9.21 Å². The molecule has 0 spiro atoms. The van der Waals surface area contributed by atoms with Gasteiger partial charge in [-0.3, -0.25) is 18.7 Å². The van der Waals surface area contributed by atoms with Crippen LogP contribution in [0.4, 0.5) is 0 Å². The van der Waals surface area contributed by atoms with Gasteiger partial charge in [-0.05, 0) is 12.1 Å². The summed E-state index contributed by atoms with van der Waals surface area (Å²) in [6.07, 6.45) is 0.584. The van der Waals surface area contributed by atoms with E-state index in [4.69, 9.17) is 4.42 Å². The van der Waals surface area contributed by atoms with Crippen molar-refractivity contribution in [1.82, 2.24) is 18.7 Å². The molecular weight excluding hydrogens is 276 g/mol. The molecule has 3 aromatic rings. The van der Waals surface area contributed by atoms with Crippen LogP contribution in [0.25, 0.3) is 22.7 Å². The predicted octanol–water partition coefficient (Wildman–Crippen LogP) is 0.0432. The Balaban J connectivity index is 2.42. The number of imidazole rings is 1. The molecule has 8 nitrogen and oxygen atoms in total. The van der Waals surface area contributed by atoms with Crippen molar-refractivity contribution in [2.45, 2.75) is 0 Å². The maximum absolute atomic E-state index is 12.2. The second kappa shape index (κ2) is 4.30. The van der Waals surface area contributed by atoms with Crippen molar-refractivity contribution in [1.29, 1.82) is 0 Å². The van der Waals surface area contributed by atoms with Crippen molar-refractivity contribution in [3.8, 4) is 11.6 Å². The van der Waals surface area contributed by atoms with Gasteiger partial charge in [-0.15, -0.1) is 0 Å². The third-order valence-corrected chi connectivity index (χ3v) is 3.44. The molecule has 0 saturated carbocycles. The molecule has 3 aromatic heterocycles. The van der Waals surface area contributed by atoms with Crippen LogP contribution in [0.1, 0.15) is 10.6 Å². The molecule has 0 aliphatic rings. The Hall–Kier alpha value is -2.90. The number of hydrogen-bond acceptors (Lipinski definition) is 5. The third kappa shape index (κ3) is 1.69. The van der Waals surface area contributed by atoms with E-state index in [1.54, 1.807) is 24.7 Å². The molecule has 0 aliphatic carbocycles. The summed E-state index contributed by atoms with van der Waals surface area (Å²) in [5.74, 6) is 0.889. The van der Waals surface area contributed by atoms with E-state index in [1.807, 2.05) is 0 Å². The summed E-state index contributed by atoms with van der Waals surface area (Å²) in [4.78, 5) is 39.1. The maximum atomic E-state index is 12.2. The molecule has 0 N–H and O–H groups in total. The molecule has 21 heavy (non-hydrogen) atoms. The minimum absolute atomic E-state index is 0.166. The molecule has 0 amide bonds. The number of nitrogens with zero attached hydrogens (tertiary/aromatic N) is 4. The van der Waals surface area contributed by atoms with Crippen LogP contribution in [0, 0.1) is 0 Å². The van der Waals surface area contributed by atoms with Crippen LogP contribution in [0.3, 0.4) is 0 Å². The Bertz CT molecular complexity index is 986. The van der Waals surface area contributed by atoms with Crippen molar-refractivity contribution in [2.24, 2.45) is 21.1 Å². The van der Waals surface area contributed by atoms with Crippen LogP contribution in [-0.4, -0.2) is 25.0 Å². The van der Waals surface area contributed by atoms with Crippen LogP contribution in [0.15, 0.2) is 26.1 Å². The largest absolute Gasteiger partial charge is 0.450 e. The quantitative estimate of drug-likeness (QED) is 0.621. The molecule has 108 valence electrons. The highest BCUT2D eigenvalue weighted by Gasteiger charge is 2.19. The lowest BCUT2D eigenvalue weighted by Gasteiger charge is -2.03. The van der Waals surface area contributed by atoms with E-state index >= 15 is 0 Å². The zero-order valence-corrected chi connectivity index (χ0v) is 11.7. The van der Waals surface area contributed by atoms with E-state index in [2.05, 4.69) is 4.98 Å². The van der Waals surface area contributed by atoms with Gasteiger partial charge in [0.15, 0.2) is 34.8 Å². The first kappa shape index (κ1) is 13.1. The van der Waals surface area contributed by atoms with Crippen molar-refractivity contribution >= 4 is 17.5 Å². The van der Waals surface area contributed by atoms with Gasteiger partial charge >= 0.3 is 5.69 Å². The second-order valence-corrected chi connectivity index (χ2v) is 4.69. The van der Waals surface area contributed by atoms with Gasteiger partial charge in [0.05, 0.1) is 0 Å². The van der Waals surface area contributed by atoms with Crippen LogP contribution in [0.2, 0.25) is 0 Å². The highest BCUT2D eigenvalue weighted by atomic mass is 16.3. The zero-order chi connectivity index (χ0) is 15.3. The number of aldehydes is 1. The second-order valence-electron chi connectivity index (χ2n) is 4.69. The average Bonchev–Trinajstić information content (AvgIpc) is 3.07. The summed E-state index contributed by atoms with van der Waals surface area (Å²) >= 11 is 0. The van der Waals surface area contributed by atoms with Crippen LogP contribution < -0.4 is 11.2 Å². The highest BCUT2D eigenvalue weighted by molar-refractivity contribution is 5.77. The highest BCUT2D eigenvalue weighted by Crippen LogP contribution is 2.22. The molecule has 0 aliphatic heterocycles. The van der Waals surface area contributed by atoms with Crippen molar-refractivity contribution in [2.75, 3.05) is 0 Å². The first-order valence-corrected chi connectivity index (χ1v) is 6.13. The van der Waals surface area contributed by atoms with Gasteiger partial charge in [-0.2, -0.15) is 0 Å². The van der Waals surface area contributed by atoms with Gasteiger partial charge in [0.1, 0.15) is 0 Å². The van der Waals surface area contributed by atoms with E-state index in [1.165, 1.54) is 17.7 Å². The fourth-order valence-electron chi connectivity index (χ4n) is 2.28. The van der Waals surface area contributed by atoms with E-state index in [0.29, 0.717) is 23.4 Å². The molecule has 0 bridgehead atoms. The van der Waals surface area contributed by atoms with Crippen molar-refractivity contribution in [3.63, 3.8) is 0 Å². The van der Waals surface area contributed by atoms with Gasteiger partial charge < -0.3 is 8.98 Å². The van der Waals surface area contributed by atoms with Crippen LogP contribution >= 0.6 is 0 Å². The number of fused-ring (bicyclic) bond motifs is 1. The third-order valence-electron chi connectivity index (χ3n) is 3.44. The van der Waals surface area contributed by atoms with E-state index < -0.39 is 11.2 Å². The Morgan fingerprint density at radius 1 is 1.10 bits per heavy atom. The number of carbonyl (C=O) groups is 1. The fourth-order valence-corrected chi connectivity index (χ4v) is 2.28. The summed E-state index contributed by atoms with van der Waals surface area (Å²) in [6, 6.07) is 3.10. The topological polar surface area (TPSA) is 92.0 Å². The smallest absolute Gasteiger partial charge is 0.332 e. The molecule has 0 fully saturated rings. The number of furan rings is 1. The molecule has 0 unspecified atom stereocenters. The van der Waals surface area contributed by atoms with E-state index in [9.17, 15) is 14.4 Å².